The molecule has 1 unspecified atom stereocenters. The van der Waals surface area contributed by atoms with Crippen LogP contribution in [0.3, 0.4) is 0 Å². The van der Waals surface area contributed by atoms with Crippen LogP contribution in [0.25, 0.3) is 10.2 Å². The summed E-state index contributed by atoms with van der Waals surface area (Å²) in [5, 5.41) is 0.699. The zero-order valence-corrected chi connectivity index (χ0v) is 14.2. The van der Waals surface area contributed by atoms with Crippen molar-refractivity contribution in [1.29, 1.82) is 0 Å². The lowest BCUT2D eigenvalue weighted by Crippen LogP contribution is -2.27. The lowest BCUT2D eigenvalue weighted by atomic mass is 9.89. The normalized spacial score (nSPS) is 17.5. The summed E-state index contributed by atoms with van der Waals surface area (Å²) in [6.45, 7) is 4.12. The Morgan fingerprint density at radius 3 is 3.05 bits per heavy atom. The van der Waals surface area contributed by atoms with Gasteiger partial charge in [0.05, 0.1) is 12.0 Å². The molecular formula is C15H18N2O3S2. The van der Waals surface area contributed by atoms with Crippen molar-refractivity contribution in [3.8, 4) is 0 Å². The summed E-state index contributed by atoms with van der Waals surface area (Å²) in [5.74, 6) is 0.200. The van der Waals surface area contributed by atoms with E-state index in [-0.39, 0.29) is 23.5 Å². The molecule has 0 bridgehead atoms. The van der Waals surface area contributed by atoms with E-state index in [9.17, 15) is 9.59 Å². The number of esters is 1. The lowest BCUT2D eigenvalue weighted by Gasteiger charge is -2.17. The van der Waals surface area contributed by atoms with E-state index >= 15 is 0 Å². The van der Waals surface area contributed by atoms with Gasteiger partial charge < -0.3 is 9.72 Å². The smallest absolute Gasteiger partial charge is 0.326 e. The molecule has 0 aliphatic heterocycles. The predicted octanol–water partition coefficient (Wildman–Crippen LogP) is 2.81. The zero-order valence-electron chi connectivity index (χ0n) is 12.6. The number of hydrogen-bond donors (Lipinski definition) is 1. The van der Waals surface area contributed by atoms with Crippen molar-refractivity contribution in [3.63, 3.8) is 0 Å². The first-order chi connectivity index (χ1) is 10.5. The molecule has 0 saturated carbocycles. The van der Waals surface area contributed by atoms with Crippen LogP contribution in [0, 0.1) is 10.7 Å². The maximum atomic E-state index is 12.8. The third-order valence-corrected chi connectivity index (χ3v) is 5.52. The quantitative estimate of drug-likeness (QED) is 0.690. The van der Waals surface area contributed by atoms with Gasteiger partial charge in [-0.05, 0) is 49.9 Å². The van der Waals surface area contributed by atoms with Gasteiger partial charge in [-0.15, -0.1) is 11.3 Å². The summed E-state index contributed by atoms with van der Waals surface area (Å²) in [5.41, 5.74) is 0.950. The van der Waals surface area contributed by atoms with Gasteiger partial charge in [0.1, 0.15) is 11.4 Å². The summed E-state index contributed by atoms with van der Waals surface area (Å²) in [6, 6.07) is 0. The third-order valence-electron chi connectivity index (χ3n) is 4.03. The van der Waals surface area contributed by atoms with Crippen molar-refractivity contribution in [2.75, 3.05) is 6.61 Å². The number of aryl methyl sites for hydroxylation is 1. The standard InChI is InChI=1S/C15H18N2O3S2/c1-3-20-11(18)7-17-14(19)12-9-5-4-8(2)6-10(9)22-13(12)16-15(17)21/h8H,3-7H2,1-2H3,(H,16,21). The van der Waals surface area contributed by atoms with Gasteiger partial charge in [-0.1, -0.05) is 6.92 Å². The topological polar surface area (TPSA) is 64.1 Å². The van der Waals surface area contributed by atoms with Crippen LogP contribution >= 0.6 is 23.6 Å². The Kier molecular flexibility index (Phi) is 4.18. The van der Waals surface area contributed by atoms with Crippen LogP contribution in [0.5, 0.6) is 0 Å². The fourth-order valence-corrected chi connectivity index (χ4v) is 4.65. The van der Waals surface area contributed by atoms with E-state index in [1.165, 1.54) is 9.44 Å². The van der Waals surface area contributed by atoms with Gasteiger partial charge in [0.2, 0.25) is 0 Å². The highest BCUT2D eigenvalue weighted by Gasteiger charge is 2.23. The number of carbonyl (C=O) groups excluding carboxylic acids is 1. The molecule has 0 fully saturated rings. The van der Waals surface area contributed by atoms with E-state index < -0.39 is 5.97 Å². The van der Waals surface area contributed by atoms with Crippen molar-refractivity contribution >= 4 is 39.7 Å². The number of rotatable bonds is 3. The molecule has 1 aliphatic carbocycles. The molecule has 2 heterocycles. The monoisotopic (exact) mass is 338 g/mol. The molecule has 0 aromatic carbocycles. The fraction of sp³-hybridized carbons (Fsp3) is 0.533. The molecule has 7 heteroatoms. The first-order valence-electron chi connectivity index (χ1n) is 7.44. The molecule has 22 heavy (non-hydrogen) atoms. The van der Waals surface area contributed by atoms with E-state index in [2.05, 4.69) is 11.9 Å². The number of nitrogens with zero attached hydrogens (tertiary/aromatic N) is 1. The molecule has 3 rings (SSSR count). The Balaban J connectivity index is 2.14. The van der Waals surface area contributed by atoms with Gasteiger partial charge in [0.15, 0.2) is 4.77 Å². The molecular weight excluding hydrogens is 320 g/mol. The molecule has 2 aromatic rings. The van der Waals surface area contributed by atoms with Gasteiger partial charge in [-0.3, -0.25) is 14.2 Å². The number of ether oxygens (including phenoxy) is 1. The molecule has 5 nitrogen and oxygen atoms in total. The number of nitrogens with one attached hydrogen (secondary N) is 1. The number of hydrogen-bond acceptors (Lipinski definition) is 5. The average Bonchev–Trinajstić information content (AvgIpc) is 2.80. The average molecular weight is 338 g/mol. The van der Waals surface area contributed by atoms with E-state index in [0.29, 0.717) is 11.3 Å². The van der Waals surface area contributed by atoms with Gasteiger partial charge in [0, 0.05) is 4.88 Å². The summed E-state index contributed by atoms with van der Waals surface area (Å²) in [4.78, 5) is 29.7. The molecule has 118 valence electrons. The number of H-pyrrole nitrogens is 1. The number of thiophene rings is 1. The highest BCUT2D eigenvalue weighted by atomic mass is 32.1. The molecule has 1 atom stereocenters. The van der Waals surface area contributed by atoms with Gasteiger partial charge in [-0.2, -0.15) is 0 Å². The summed E-state index contributed by atoms with van der Waals surface area (Å²) >= 11 is 6.86. The van der Waals surface area contributed by atoms with Crippen molar-refractivity contribution in [1.82, 2.24) is 9.55 Å². The molecule has 0 radical (unpaired) electrons. The molecule has 1 N–H and O–H groups in total. The van der Waals surface area contributed by atoms with Crippen LogP contribution in [-0.4, -0.2) is 22.1 Å². The SMILES string of the molecule is CCOC(=O)Cn1c(=S)[nH]c2sc3c(c2c1=O)CCC(C)C3. The second-order valence-electron chi connectivity index (χ2n) is 5.68. The summed E-state index contributed by atoms with van der Waals surface area (Å²) < 4.78 is 6.50. The van der Waals surface area contributed by atoms with E-state index in [0.717, 1.165) is 29.7 Å². The Hall–Kier alpha value is -1.47. The van der Waals surface area contributed by atoms with Crippen molar-refractivity contribution in [2.45, 2.75) is 39.7 Å². The molecule has 2 aromatic heterocycles. The van der Waals surface area contributed by atoms with Crippen LogP contribution < -0.4 is 5.56 Å². The highest BCUT2D eigenvalue weighted by Crippen LogP contribution is 2.35. The minimum Gasteiger partial charge on any atom is -0.465 e. The lowest BCUT2D eigenvalue weighted by molar-refractivity contribution is -0.143. The van der Waals surface area contributed by atoms with Crippen molar-refractivity contribution in [2.24, 2.45) is 5.92 Å². The van der Waals surface area contributed by atoms with Crippen LogP contribution in [0.2, 0.25) is 0 Å². The Morgan fingerprint density at radius 1 is 1.55 bits per heavy atom. The molecule has 0 saturated heterocycles. The highest BCUT2D eigenvalue weighted by molar-refractivity contribution is 7.71. The molecule has 0 amide bonds. The number of aromatic nitrogens is 2. The van der Waals surface area contributed by atoms with Crippen molar-refractivity contribution < 1.29 is 9.53 Å². The van der Waals surface area contributed by atoms with Gasteiger partial charge >= 0.3 is 5.97 Å². The fourth-order valence-electron chi connectivity index (χ4n) is 2.94. The zero-order chi connectivity index (χ0) is 15.9. The molecule has 1 aliphatic rings. The maximum Gasteiger partial charge on any atom is 0.326 e. The Morgan fingerprint density at radius 2 is 2.32 bits per heavy atom. The van der Waals surface area contributed by atoms with Crippen LogP contribution in [-0.2, 0) is 28.9 Å². The maximum absolute atomic E-state index is 12.8. The van der Waals surface area contributed by atoms with Crippen LogP contribution in [0.15, 0.2) is 4.79 Å². The minimum atomic E-state index is -0.443. The second kappa shape index (κ2) is 5.96. The van der Waals surface area contributed by atoms with Crippen LogP contribution in [0.4, 0.5) is 0 Å². The van der Waals surface area contributed by atoms with E-state index in [4.69, 9.17) is 17.0 Å². The molecule has 0 spiro atoms. The number of carbonyl (C=O) groups is 1. The summed E-state index contributed by atoms with van der Waals surface area (Å²) in [7, 11) is 0. The van der Waals surface area contributed by atoms with Gasteiger partial charge in [-0.25, -0.2) is 0 Å². The van der Waals surface area contributed by atoms with Crippen LogP contribution in [0.1, 0.15) is 30.7 Å². The minimum absolute atomic E-state index is 0.140. The largest absolute Gasteiger partial charge is 0.465 e. The first-order valence-corrected chi connectivity index (χ1v) is 8.66. The Labute approximate surface area is 136 Å². The number of fused-ring (bicyclic) bond motifs is 3. The van der Waals surface area contributed by atoms with Crippen molar-refractivity contribution in [3.05, 3.63) is 25.6 Å². The third kappa shape index (κ3) is 2.63. The van der Waals surface area contributed by atoms with E-state index in [1.807, 2.05) is 0 Å². The van der Waals surface area contributed by atoms with Gasteiger partial charge in [0.25, 0.3) is 5.56 Å². The number of aromatic amines is 1. The first kappa shape index (κ1) is 15.4. The summed E-state index contributed by atoms with van der Waals surface area (Å²) in [6.07, 6.45) is 3.01. The second-order valence-corrected chi connectivity index (χ2v) is 7.17. The Bertz CT molecular complexity index is 847. The van der Waals surface area contributed by atoms with E-state index in [1.54, 1.807) is 18.3 Å². The predicted molar refractivity (Wildman–Crippen MR) is 89.1 cm³/mol.